The summed E-state index contributed by atoms with van der Waals surface area (Å²) in [5.74, 6) is 0. The van der Waals surface area contributed by atoms with Crippen LogP contribution < -0.4 is 5.32 Å². The highest BCUT2D eigenvalue weighted by atomic mass is 15.2. The molecule has 112 valence electrons. The third kappa shape index (κ3) is 4.17. The zero-order valence-electron chi connectivity index (χ0n) is 13.2. The van der Waals surface area contributed by atoms with Gasteiger partial charge in [-0.15, -0.1) is 0 Å². The molecule has 0 unspecified atom stereocenters. The number of rotatable bonds is 4. The van der Waals surface area contributed by atoms with E-state index in [1.165, 1.54) is 71.0 Å². The zero-order chi connectivity index (χ0) is 13.7. The van der Waals surface area contributed by atoms with Crippen LogP contribution in [0.5, 0.6) is 0 Å². The van der Waals surface area contributed by atoms with Crippen molar-refractivity contribution in [3.05, 3.63) is 0 Å². The average molecular weight is 267 g/mol. The van der Waals surface area contributed by atoms with Gasteiger partial charge in [-0.2, -0.15) is 0 Å². The quantitative estimate of drug-likeness (QED) is 0.789. The predicted octanol–water partition coefficient (Wildman–Crippen LogP) is 2.32. The van der Waals surface area contributed by atoms with Crippen molar-refractivity contribution >= 4 is 0 Å². The molecule has 1 aliphatic carbocycles. The van der Waals surface area contributed by atoms with Crippen molar-refractivity contribution in [2.75, 3.05) is 40.8 Å². The maximum atomic E-state index is 3.91. The fourth-order valence-corrected chi connectivity index (χ4v) is 3.63. The van der Waals surface area contributed by atoms with Crippen LogP contribution >= 0.6 is 0 Å². The van der Waals surface area contributed by atoms with Crippen LogP contribution in [0.15, 0.2) is 0 Å². The van der Waals surface area contributed by atoms with Gasteiger partial charge in [0, 0.05) is 18.1 Å². The van der Waals surface area contributed by atoms with Gasteiger partial charge in [-0.25, -0.2) is 0 Å². The Morgan fingerprint density at radius 2 is 1.63 bits per heavy atom. The number of hydrogen-bond donors (Lipinski definition) is 1. The second kappa shape index (κ2) is 7.05. The molecule has 3 nitrogen and oxygen atoms in total. The minimum absolute atomic E-state index is 0.388. The first-order chi connectivity index (χ1) is 9.12. The van der Waals surface area contributed by atoms with Crippen LogP contribution in [0.2, 0.25) is 0 Å². The van der Waals surface area contributed by atoms with Gasteiger partial charge in [0.2, 0.25) is 0 Å². The highest BCUT2D eigenvalue weighted by Gasteiger charge is 2.35. The third-order valence-electron chi connectivity index (χ3n) is 5.44. The first-order valence-electron chi connectivity index (χ1n) is 8.22. The summed E-state index contributed by atoms with van der Waals surface area (Å²) in [5, 5.41) is 3.91. The number of likely N-dealkylation sites (N-methyl/N-ethyl adjacent to an activating group) is 1. The van der Waals surface area contributed by atoms with E-state index in [4.69, 9.17) is 0 Å². The summed E-state index contributed by atoms with van der Waals surface area (Å²) in [7, 11) is 6.78. The predicted molar refractivity (Wildman–Crippen MR) is 82.6 cm³/mol. The molecule has 0 amide bonds. The van der Waals surface area contributed by atoms with E-state index in [2.05, 4.69) is 36.3 Å². The van der Waals surface area contributed by atoms with Crippen molar-refractivity contribution in [3.8, 4) is 0 Å². The molecule has 19 heavy (non-hydrogen) atoms. The van der Waals surface area contributed by atoms with E-state index in [9.17, 15) is 0 Å². The normalized spacial score (nSPS) is 26.5. The minimum Gasteiger partial charge on any atom is -0.312 e. The largest absolute Gasteiger partial charge is 0.312 e. The number of piperidine rings is 1. The first kappa shape index (κ1) is 15.3. The van der Waals surface area contributed by atoms with Crippen LogP contribution in [-0.4, -0.2) is 62.2 Å². The number of likely N-dealkylation sites (tertiary alicyclic amines) is 1. The van der Waals surface area contributed by atoms with Crippen LogP contribution in [-0.2, 0) is 0 Å². The van der Waals surface area contributed by atoms with E-state index < -0.39 is 0 Å². The Hall–Kier alpha value is -0.120. The van der Waals surface area contributed by atoms with Crippen molar-refractivity contribution in [2.45, 2.75) is 62.9 Å². The van der Waals surface area contributed by atoms with Crippen LogP contribution in [0, 0.1) is 0 Å². The molecule has 1 aliphatic heterocycles. The van der Waals surface area contributed by atoms with Gasteiger partial charge in [0.1, 0.15) is 0 Å². The van der Waals surface area contributed by atoms with Crippen molar-refractivity contribution in [3.63, 3.8) is 0 Å². The first-order valence-corrected chi connectivity index (χ1v) is 8.22. The SMILES string of the molecule is CN1CCC(CNC2CCCCCC2)(N(C)C)CC1. The molecular weight excluding hydrogens is 234 g/mol. The van der Waals surface area contributed by atoms with E-state index in [1.54, 1.807) is 0 Å². The molecule has 0 aromatic rings. The topological polar surface area (TPSA) is 18.5 Å². The van der Waals surface area contributed by atoms with E-state index in [-0.39, 0.29) is 0 Å². The summed E-state index contributed by atoms with van der Waals surface area (Å²) in [4.78, 5) is 4.94. The molecule has 0 spiro atoms. The van der Waals surface area contributed by atoms with Crippen molar-refractivity contribution in [1.82, 2.24) is 15.1 Å². The molecule has 2 rings (SSSR count). The van der Waals surface area contributed by atoms with Crippen LogP contribution in [0.3, 0.4) is 0 Å². The Kier molecular flexibility index (Phi) is 5.67. The Labute approximate surface area is 119 Å². The van der Waals surface area contributed by atoms with E-state index in [0.29, 0.717) is 5.54 Å². The lowest BCUT2D eigenvalue weighted by Gasteiger charge is -2.46. The number of hydrogen-bond acceptors (Lipinski definition) is 3. The van der Waals surface area contributed by atoms with Gasteiger partial charge in [0.25, 0.3) is 0 Å². The second-order valence-corrected chi connectivity index (χ2v) is 6.99. The van der Waals surface area contributed by atoms with Crippen molar-refractivity contribution < 1.29 is 0 Å². The highest BCUT2D eigenvalue weighted by molar-refractivity contribution is 4.95. The summed E-state index contributed by atoms with van der Waals surface area (Å²) in [6.07, 6.45) is 11.1. The summed E-state index contributed by atoms with van der Waals surface area (Å²) < 4.78 is 0. The zero-order valence-corrected chi connectivity index (χ0v) is 13.2. The lowest BCUT2D eigenvalue weighted by Crippen LogP contribution is -2.58. The molecule has 2 fully saturated rings. The van der Waals surface area contributed by atoms with Gasteiger partial charge in [0.15, 0.2) is 0 Å². The summed E-state index contributed by atoms with van der Waals surface area (Å²) in [5.41, 5.74) is 0.388. The van der Waals surface area contributed by atoms with Crippen LogP contribution in [0.4, 0.5) is 0 Å². The van der Waals surface area contributed by atoms with Crippen molar-refractivity contribution in [1.29, 1.82) is 0 Å². The van der Waals surface area contributed by atoms with Gasteiger partial charge >= 0.3 is 0 Å². The molecule has 0 bridgehead atoms. The van der Waals surface area contributed by atoms with Gasteiger partial charge in [-0.1, -0.05) is 25.7 Å². The molecule has 1 saturated heterocycles. The standard InChI is InChI=1S/C16H33N3/c1-18(2)16(10-12-19(3)13-11-16)14-17-15-8-6-4-5-7-9-15/h15,17H,4-14H2,1-3H3. The van der Waals surface area contributed by atoms with Gasteiger partial charge in [0.05, 0.1) is 0 Å². The number of nitrogens with one attached hydrogen (secondary N) is 1. The van der Waals surface area contributed by atoms with E-state index in [0.717, 1.165) is 6.04 Å². The average Bonchev–Trinajstić information content (AvgIpc) is 2.67. The highest BCUT2D eigenvalue weighted by Crippen LogP contribution is 2.27. The Balaban J connectivity index is 1.86. The summed E-state index contributed by atoms with van der Waals surface area (Å²) in [6, 6.07) is 0.777. The molecule has 0 aromatic heterocycles. The fraction of sp³-hybridized carbons (Fsp3) is 1.00. The maximum Gasteiger partial charge on any atom is 0.0352 e. The number of nitrogens with zero attached hydrogens (tertiary/aromatic N) is 2. The fourth-order valence-electron chi connectivity index (χ4n) is 3.63. The Bertz CT molecular complexity index is 249. The van der Waals surface area contributed by atoms with Gasteiger partial charge < -0.3 is 15.1 Å². The van der Waals surface area contributed by atoms with Crippen molar-refractivity contribution in [2.24, 2.45) is 0 Å². The molecule has 3 heteroatoms. The van der Waals surface area contributed by atoms with E-state index in [1.807, 2.05) is 0 Å². The molecule has 0 aromatic carbocycles. The van der Waals surface area contributed by atoms with E-state index >= 15 is 0 Å². The van der Waals surface area contributed by atoms with Gasteiger partial charge in [-0.3, -0.25) is 0 Å². The molecular formula is C16H33N3. The lowest BCUT2D eigenvalue weighted by atomic mass is 9.86. The molecule has 1 N–H and O–H groups in total. The van der Waals surface area contributed by atoms with Crippen LogP contribution in [0.25, 0.3) is 0 Å². The van der Waals surface area contributed by atoms with Crippen LogP contribution in [0.1, 0.15) is 51.4 Å². The molecule has 1 heterocycles. The molecule has 0 radical (unpaired) electrons. The smallest absolute Gasteiger partial charge is 0.0352 e. The summed E-state index contributed by atoms with van der Waals surface area (Å²) >= 11 is 0. The Morgan fingerprint density at radius 1 is 1.05 bits per heavy atom. The lowest BCUT2D eigenvalue weighted by molar-refractivity contribution is 0.0629. The van der Waals surface area contributed by atoms with Gasteiger partial charge in [-0.05, 0) is 59.9 Å². The second-order valence-electron chi connectivity index (χ2n) is 6.99. The molecule has 2 aliphatic rings. The maximum absolute atomic E-state index is 3.91. The minimum atomic E-state index is 0.388. The molecule has 0 atom stereocenters. The third-order valence-corrected chi connectivity index (χ3v) is 5.44. The molecule has 1 saturated carbocycles. The Morgan fingerprint density at radius 3 is 2.16 bits per heavy atom. The summed E-state index contributed by atoms with van der Waals surface area (Å²) in [6.45, 7) is 3.66. The monoisotopic (exact) mass is 267 g/mol.